The SMILES string of the molecule is COc1cc(C(=O)N[C@@H]2CCCN(C(C)C)C2)ccc1Nc1ncc(C(F)(F)F)c(CCc2ccc(C)cc2N(C)S(C)(=O)=O)n1. The molecule has 1 saturated heterocycles. The van der Waals surface area contributed by atoms with Gasteiger partial charge in [-0.2, -0.15) is 13.2 Å². The van der Waals surface area contributed by atoms with Crippen LogP contribution in [0.15, 0.2) is 42.6 Å². The van der Waals surface area contributed by atoms with Crippen molar-refractivity contribution in [3.8, 4) is 5.75 Å². The van der Waals surface area contributed by atoms with Crippen LogP contribution in [0.5, 0.6) is 5.75 Å². The van der Waals surface area contributed by atoms with Crippen LogP contribution in [0.3, 0.4) is 0 Å². The fourth-order valence-corrected chi connectivity index (χ4v) is 5.96. The lowest BCUT2D eigenvalue weighted by Crippen LogP contribution is -2.49. The number of benzene rings is 2. The fourth-order valence-electron chi connectivity index (χ4n) is 5.43. The first-order valence-corrected chi connectivity index (χ1v) is 16.9. The smallest absolute Gasteiger partial charge is 0.419 e. The molecule has 250 valence electrons. The van der Waals surface area contributed by atoms with Gasteiger partial charge in [0, 0.05) is 37.4 Å². The van der Waals surface area contributed by atoms with Gasteiger partial charge in [-0.1, -0.05) is 12.1 Å². The Morgan fingerprint density at radius 2 is 1.91 bits per heavy atom. The maximum absolute atomic E-state index is 14.0. The number of alkyl halides is 3. The van der Waals surface area contributed by atoms with Crippen molar-refractivity contribution in [3.05, 3.63) is 70.5 Å². The van der Waals surface area contributed by atoms with Crippen molar-refractivity contribution in [2.75, 3.05) is 43.1 Å². The molecule has 0 radical (unpaired) electrons. The van der Waals surface area contributed by atoms with Crippen LogP contribution in [0, 0.1) is 6.92 Å². The molecule has 46 heavy (non-hydrogen) atoms. The van der Waals surface area contributed by atoms with Gasteiger partial charge in [-0.15, -0.1) is 0 Å². The summed E-state index contributed by atoms with van der Waals surface area (Å²) < 4.78 is 73.0. The van der Waals surface area contributed by atoms with E-state index in [0.29, 0.717) is 34.3 Å². The normalized spacial score (nSPS) is 15.9. The molecule has 10 nitrogen and oxygen atoms in total. The van der Waals surface area contributed by atoms with Gasteiger partial charge in [0.1, 0.15) is 5.75 Å². The summed E-state index contributed by atoms with van der Waals surface area (Å²) in [7, 11) is -0.771. The van der Waals surface area contributed by atoms with Crippen molar-refractivity contribution >= 4 is 33.3 Å². The summed E-state index contributed by atoms with van der Waals surface area (Å²) >= 11 is 0. The van der Waals surface area contributed by atoms with Gasteiger partial charge < -0.3 is 15.4 Å². The van der Waals surface area contributed by atoms with Crippen molar-refractivity contribution < 1.29 is 31.1 Å². The minimum absolute atomic E-state index is 0.0224. The van der Waals surface area contributed by atoms with E-state index in [2.05, 4.69) is 39.3 Å². The number of aromatic nitrogens is 2. The van der Waals surface area contributed by atoms with E-state index in [1.807, 2.05) is 0 Å². The number of anilines is 3. The van der Waals surface area contributed by atoms with Crippen molar-refractivity contribution in [2.45, 2.75) is 64.7 Å². The predicted molar refractivity (Wildman–Crippen MR) is 172 cm³/mol. The number of carbonyl (C=O) groups is 1. The van der Waals surface area contributed by atoms with Crippen molar-refractivity contribution in [1.29, 1.82) is 0 Å². The Bertz CT molecular complexity index is 1670. The Morgan fingerprint density at radius 3 is 2.57 bits per heavy atom. The van der Waals surface area contributed by atoms with Crippen LogP contribution in [0.1, 0.15) is 59.4 Å². The number of methoxy groups -OCH3 is 1. The van der Waals surface area contributed by atoms with Crippen molar-refractivity contribution in [1.82, 2.24) is 20.2 Å². The van der Waals surface area contributed by atoms with E-state index in [9.17, 15) is 26.4 Å². The minimum Gasteiger partial charge on any atom is -0.495 e. The number of carbonyl (C=O) groups excluding carboxylic acids is 1. The lowest BCUT2D eigenvalue weighted by molar-refractivity contribution is -0.138. The zero-order valence-electron chi connectivity index (χ0n) is 26.9. The molecule has 4 rings (SSSR count). The van der Waals surface area contributed by atoms with E-state index in [0.717, 1.165) is 48.3 Å². The van der Waals surface area contributed by atoms with Crippen LogP contribution in [-0.4, -0.2) is 74.8 Å². The maximum atomic E-state index is 14.0. The minimum atomic E-state index is -4.70. The van der Waals surface area contributed by atoms with Gasteiger partial charge in [0.2, 0.25) is 16.0 Å². The molecule has 2 aromatic carbocycles. The number of nitrogens with one attached hydrogen (secondary N) is 2. The number of sulfonamides is 1. The number of nitrogens with zero attached hydrogens (tertiary/aromatic N) is 4. The number of halogens is 3. The molecule has 1 aliphatic heterocycles. The monoisotopic (exact) mass is 662 g/mol. The standard InChI is InChI=1S/C32H41F3N6O4S/c1-20(2)41-15-7-8-24(19-41)37-30(42)23-12-14-27(29(17-23)45-5)39-31-36-18-25(32(33,34)35)26(38-31)13-11-22-10-9-21(3)16-28(22)40(4)46(6,43)44/h9-10,12,14,16-18,20,24H,7-8,11,13,15,19H2,1-6H3,(H,37,42)(H,36,38,39)/t24-/m1/s1. The Kier molecular flexibility index (Phi) is 10.8. The molecule has 2 N–H and O–H groups in total. The number of piperidine rings is 1. The van der Waals surface area contributed by atoms with Crippen LogP contribution in [0.2, 0.25) is 0 Å². The predicted octanol–water partition coefficient (Wildman–Crippen LogP) is 5.34. The number of amides is 1. The van der Waals surface area contributed by atoms with E-state index in [4.69, 9.17) is 4.74 Å². The summed E-state index contributed by atoms with van der Waals surface area (Å²) in [6.45, 7) is 7.83. The highest BCUT2D eigenvalue weighted by Gasteiger charge is 2.35. The highest BCUT2D eigenvalue weighted by atomic mass is 32.2. The fraction of sp³-hybridized carbons (Fsp3) is 0.469. The molecule has 1 fully saturated rings. The van der Waals surface area contributed by atoms with E-state index < -0.39 is 21.8 Å². The molecule has 14 heteroatoms. The van der Waals surface area contributed by atoms with Gasteiger partial charge in [-0.3, -0.25) is 14.0 Å². The first kappa shape index (κ1) is 35.0. The van der Waals surface area contributed by atoms with Gasteiger partial charge in [0.15, 0.2) is 0 Å². The highest BCUT2D eigenvalue weighted by molar-refractivity contribution is 7.92. The number of aryl methyl sites for hydroxylation is 3. The van der Waals surface area contributed by atoms with Crippen molar-refractivity contribution in [3.63, 3.8) is 0 Å². The summed E-state index contributed by atoms with van der Waals surface area (Å²) in [6, 6.07) is 10.3. The lowest BCUT2D eigenvalue weighted by atomic mass is 10.0. The molecule has 0 bridgehead atoms. The summed E-state index contributed by atoms with van der Waals surface area (Å²) in [5.74, 6) is -0.0457. The second-order valence-corrected chi connectivity index (χ2v) is 13.9. The first-order chi connectivity index (χ1) is 21.6. The zero-order chi connectivity index (χ0) is 33.8. The maximum Gasteiger partial charge on any atom is 0.419 e. The van der Waals surface area contributed by atoms with E-state index in [-0.39, 0.29) is 36.4 Å². The van der Waals surface area contributed by atoms with Crippen LogP contribution >= 0.6 is 0 Å². The highest BCUT2D eigenvalue weighted by Crippen LogP contribution is 2.34. The van der Waals surface area contributed by atoms with Crippen LogP contribution in [0.4, 0.5) is 30.5 Å². The molecule has 1 amide bonds. The van der Waals surface area contributed by atoms with Crippen LogP contribution < -0.4 is 19.7 Å². The van der Waals surface area contributed by atoms with E-state index in [1.165, 1.54) is 14.2 Å². The summed E-state index contributed by atoms with van der Waals surface area (Å²) in [6.07, 6.45) is -1.07. The first-order valence-electron chi connectivity index (χ1n) is 15.0. The number of hydrogen-bond acceptors (Lipinski definition) is 8. The third-order valence-corrected chi connectivity index (χ3v) is 9.30. The molecule has 1 aromatic heterocycles. The van der Waals surface area contributed by atoms with E-state index >= 15 is 0 Å². The Balaban J connectivity index is 1.55. The van der Waals surface area contributed by atoms with Gasteiger partial charge >= 0.3 is 6.18 Å². The number of ether oxygens (including phenoxy) is 1. The molecule has 1 aliphatic rings. The molecular formula is C32H41F3N6O4S. The van der Waals surface area contributed by atoms with Gasteiger partial charge in [0.25, 0.3) is 5.91 Å². The molecule has 0 aliphatic carbocycles. The summed E-state index contributed by atoms with van der Waals surface area (Å²) in [5.41, 5.74) is 1.26. The molecule has 2 heterocycles. The quantitative estimate of drug-likeness (QED) is 0.283. The van der Waals surface area contributed by atoms with Gasteiger partial charge in [0.05, 0.1) is 36.0 Å². The molecule has 0 spiro atoms. The number of likely N-dealkylation sites (tertiary alicyclic amines) is 1. The second kappa shape index (κ2) is 14.2. The van der Waals surface area contributed by atoms with Gasteiger partial charge in [-0.05, 0) is 88.4 Å². The molecular weight excluding hydrogens is 621 g/mol. The van der Waals surface area contributed by atoms with Crippen LogP contribution in [-0.2, 0) is 29.0 Å². The average molecular weight is 663 g/mol. The number of rotatable bonds is 11. The largest absolute Gasteiger partial charge is 0.495 e. The summed E-state index contributed by atoms with van der Waals surface area (Å²) in [5, 5.41) is 6.02. The molecule has 0 unspecified atom stereocenters. The third kappa shape index (κ3) is 8.66. The van der Waals surface area contributed by atoms with Gasteiger partial charge in [-0.25, -0.2) is 18.4 Å². The topological polar surface area (TPSA) is 117 Å². The third-order valence-electron chi connectivity index (χ3n) is 8.11. The Hall–Kier alpha value is -3.91. The zero-order valence-corrected chi connectivity index (χ0v) is 27.7. The second-order valence-electron chi connectivity index (χ2n) is 11.9. The molecule has 0 saturated carbocycles. The lowest BCUT2D eigenvalue weighted by Gasteiger charge is -2.35. The Labute approximate surface area is 268 Å². The summed E-state index contributed by atoms with van der Waals surface area (Å²) in [4.78, 5) is 23.5. The molecule has 1 atom stereocenters. The van der Waals surface area contributed by atoms with E-state index in [1.54, 1.807) is 43.3 Å². The van der Waals surface area contributed by atoms with Crippen molar-refractivity contribution in [2.24, 2.45) is 0 Å². The van der Waals surface area contributed by atoms with Crippen LogP contribution in [0.25, 0.3) is 0 Å². The number of hydrogen-bond donors (Lipinski definition) is 2. The average Bonchev–Trinajstić information content (AvgIpc) is 2.99. The molecule has 3 aromatic rings. The Morgan fingerprint density at radius 1 is 1.17 bits per heavy atom.